The Labute approximate surface area is 134 Å². The molecule has 120 valence electrons. The van der Waals surface area contributed by atoms with Gasteiger partial charge in [-0.25, -0.2) is 0 Å². The number of likely N-dealkylation sites (tertiary alicyclic amines) is 1. The molecular formula is C18H32N2S. The summed E-state index contributed by atoms with van der Waals surface area (Å²) in [5.74, 6) is 0. The van der Waals surface area contributed by atoms with Crippen LogP contribution in [-0.2, 0) is 6.42 Å². The van der Waals surface area contributed by atoms with Crippen LogP contribution >= 0.6 is 11.3 Å². The van der Waals surface area contributed by atoms with E-state index in [1.54, 1.807) is 0 Å². The van der Waals surface area contributed by atoms with Crippen molar-refractivity contribution in [1.82, 2.24) is 10.2 Å². The average Bonchev–Trinajstić information content (AvgIpc) is 2.82. The SMILES string of the molecule is CCCNC(Cc1ccsc1)C(C)(C)N1CCCCCC1. The lowest BCUT2D eigenvalue weighted by Gasteiger charge is -2.44. The fourth-order valence-corrected chi connectivity index (χ4v) is 4.08. The van der Waals surface area contributed by atoms with E-state index in [1.165, 1.54) is 50.8 Å². The molecule has 1 aromatic heterocycles. The van der Waals surface area contributed by atoms with Crippen molar-refractivity contribution < 1.29 is 0 Å². The predicted molar refractivity (Wildman–Crippen MR) is 94.2 cm³/mol. The van der Waals surface area contributed by atoms with Gasteiger partial charge in [0.2, 0.25) is 0 Å². The second-order valence-electron chi connectivity index (χ2n) is 6.90. The Morgan fingerprint density at radius 3 is 2.52 bits per heavy atom. The van der Waals surface area contributed by atoms with E-state index >= 15 is 0 Å². The van der Waals surface area contributed by atoms with Gasteiger partial charge in [-0.1, -0.05) is 19.8 Å². The quantitative estimate of drug-likeness (QED) is 0.807. The minimum Gasteiger partial charge on any atom is -0.312 e. The van der Waals surface area contributed by atoms with Gasteiger partial charge in [-0.3, -0.25) is 4.90 Å². The molecule has 0 bridgehead atoms. The molecule has 2 rings (SSSR count). The molecular weight excluding hydrogens is 276 g/mol. The Hall–Kier alpha value is -0.380. The Bertz CT molecular complexity index is 378. The van der Waals surface area contributed by atoms with Crippen LogP contribution in [0.25, 0.3) is 0 Å². The van der Waals surface area contributed by atoms with Gasteiger partial charge in [0.1, 0.15) is 0 Å². The first-order chi connectivity index (χ1) is 10.1. The van der Waals surface area contributed by atoms with Crippen molar-refractivity contribution >= 4 is 11.3 Å². The largest absolute Gasteiger partial charge is 0.312 e. The number of hydrogen-bond acceptors (Lipinski definition) is 3. The van der Waals surface area contributed by atoms with Gasteiger partial charge in [-0.15, -0.1) is 0 Å². The third kappa shape index (κ3) is 4.80. The zero-order chi connectivity index (χ0) is 15.1. The second-order valence-corrected chi connectivity index (χ2v) is 7.68. The highest BCUT2D eigenvalue weighted by Gasteiger charge is 2.35. The van der Waals surface area contributed by atoms with Crippen LogP contribution in [0.15, 0.2) is 16.8 Å². The molecule has 1 saturated heterocycles. The van der Waals surface area contributed by atoms with Crippen LogP contribution < -0.4 is 5.32 Å². The third-order valence-corrected chi connectivity index (χ3v) is 5.67. The van der Waals surface area contributed by atoms with Crippen molar-refractivity contribution in [3.05, 3.63) is 22.4 Å². The summed E-state index contributed by atoms with van der Waals surface area (Å²) in [5, 5.41) is 8.33. The molecule has 1 aliphatic rings. The van der Waals surface area contributed by atoms with E-state index in [4.69, 9.17) is 0 Å². The topological polar surface area (TPSA) is 15.3 Å². The first-order valence-electron chi connectivity index (χ1n) is 8.64. The zero-order valence-electron chi connectivity index (χ0n) is 14.0. The molecule has 2 heterocycles. The lowest BCUT2D eigenvalue weighted by atomic mass is 9.87. The molecule has 2 nitrogen and oxygen atoms in total. The molecule has 1 N–H and O–H groups in total. The Morgan fingerprint density at radius 2 is 1.95 bits per heavy atom. The van der Waals surface area contributed by atoms with Crippen molar-refractivity contribution in [3.8, 4) is 0 Å². The molecule has 1 aromatic rings. The molecule has 0 spiro atoms. The first kappa shape index (κ1) is 17.0. The van der Waals surface area contributed by atoms with Crippen LogP contribution in [0.2, 0.25) is 0 Å². The molecule has 21 heavy (non-hydrogen) atoms. The summed E-state index contributed by atoms with van der Waals surface area (Å²) >= 11 is 1.81. The summed E-state index contributed by atoms with van der Waals surface area (Å²) in [4.78, 5) is 2.74. The summed E-state index contributed by atoms with van der Waals surface area (Å²) in [6.45, 7) is 10.8. The van der Waals surface area contributed by atoms with Crippen LogP contribution in [0.5, 0.6) is 0 Å². The number of rotatable bonds is 7. The van der Waals surface area contributed by atoms with E-state index < -0.39 is 0 Å². The van der Waals surface area contributed by atoms with Gasteiger partial charge in [0.15, 0.2) is 0 Å². The van der Waals surface area contributed by atoms with E-state index in [2.05, 4.69) is 47.8 Å². The third-order valence-electron chi connectivity index (χ3n) is 4.93. The highest BCUT2D eigenvalue weighted by Crippen LogP contribution is 2.26. The van der Waals surface area contributed by atoms with E-state index in [-0.39, 0.29) is 5.54 Å². The molecule has 0 radical (unpaired) electrons. The van der Waals surface area contributed by atoms with Crippen molar-refractivity contribution in [3.63, 3.8) is 0 Å². The molecule has 0 aromatic carbocycles. The fourth-order valence-electron chi connectivity index (χ4n) is 3.40. The fraction of sp³-hybridized carbons (Fsp3) is 0.778. The molecule has 0 saturated carbocycles. The van der Waals surface area contributed by atoms with Gasteiger partial charge >= 0.3 is 0 Å². The number of nitrogens with one attached hydrogen (secondary N) is 1. The Balaban J connectivity index is 2.07. The van der Waals surface area contributed by atoms with Crippen molar-refractivity contribution in [2.75, 3.05) is 19.6 Å². The summed E-state index contributed by atoms with van der Waals surface area (Å²) in [7, 11) is 0. The van der Waals surface area contributed by atoms with Gasteiger partial charge in [0.05, 0.1) is 0 Å². The summed E-state index contributed by atoms with van der Waals surface area (Å²) in [6, 6.07) is 2.81. The number of hydrogen-bond donors (Lipinski definition) is 1. The van der Waals surface area contributed by atoms with Crippen LogP contribution in [0.1, 0.15) is 58.4 Å². The minimum atomic E-state index is 0.224. The molecule has 3 heteroatoms. The normalized spacial score (nSPS) is 19.4. The van der Waals surface area contributed by atoms with E-state index in [1.807, 2.05) is 11.3 Å². The maximum atomic E-state index is 3.83. The maximum absolute atomic E-state index is 3.83. The molecule has 1 aliphatic heterocycles. The van der Waals surface area contributed by atoms with Crippen LogP contribution in [0.4, 0.5) is 0 Å². The van der Waals surface area contributed by atoms with Crippen molar-refractivity contribution in [2.45, 2.75) is 70.9 Å². The smallest absolute Gasteiger partial charge is 0.0309 e. The summed E-state index contributed by atoms with van der Waals surface area (Å²) in [6.07, 6.45) is 7.89. The lowest BCUT2D eigenvalue weighted by Crippen LogP contribution is -2.59. The van der Waals surface area contributed by atoms with E-state index in [9.17, 15) is 0 Å². The van der Waals surface area contributed by atoms with Gasteiger partial charge in [0, 0.05) is 11.6 Å². The van der Waals surface area contributed by atoms with Gasteiger partial charge < -0.3 is 5.32 Å². The second kappa shape index (κ2) is 8.30. The highest BCUT2D eigenvalue weighted by molar-refractivity contribution is 7.07. The van der Waals surface area contributed by atoms with Crippen molar-refractivity contribution in [2.24, 2.45) is 0 Å². The molecule has 1 atom stereocenters. The van der Waals surface area contributed by atoms with Gasteiger partial charge in [0.25, 0.3) is 0 Å². The van der Waals surface area contributed by atoms with Gasteiger partial charge in [-0.2, -0.15) is 11.3 Å². The number of thiophene rings is 1. The monoisotopic (exact) mass is 308 g/mol. The summed E-state index contributed by atoms with van der Waals surface area (Å²) < 4.78 is 0. The van der Waals surface area contributed by atoms with E-state index in [0.717, 1.165) is 13.0 Å². The van der Waals surface area contributed by atoms with Gasteiger partial charge in [-0.05, 0) is 81.6 Å². The highest BCUT2D eigenvalue weighted by atomic mass is 32.1. The molecule has 0 aliphatic carbocycles. The zero-order valence-corrected chi connectivity index (χ0v) is 14.8. The Morgan fingerprint density at radius 1 is 1.24 bits per heavy atom. The average molecular weight is 309 g/mol. The van der Waals surface area contributed by atoms with Crippen LogP contribution in [0, 0.1) is 0 Å². The minimum absolute atomic E-state index is 0.224. The van der Waals surface area contributed by atoms with Crippen molar-refractivity contribution in [1.29, 1.82) is 0 Å². The lowest BCUT2D eigenvalue weighted by molar-refractivity contribution is 0.0835. The maximum Gasteiger partial charge on any atom is 0.0309 e. The van der Waals surface area contributed by atoms with Crippen LogP contribution in [0.3, 0.4) is 0 Å². The van der Waals surface area contributed by atoms with E-state index in [0.29, 0.717) is 6.04 Å². The molecule has 0 amide bonds. The molecule has 1 fully saturated rings. The number of nitrogens with zero attached hydrogens (tertiary/aromatic N) is 1. The molecule has 1 unspecified atom stereocenters. The van der Waals surface area contributed by atoms with Crippen LogP contribution in [-0.4, -0.2) is 36.1 Å². The Kier molecular flexibility index (Phi) is 6.72. The first-order valence-corrected chi connectivity index (χ1v) is 9.58. The summed E-state index contributed by atoms with van der Waals surface area (Å²) in [5.41, 5.74) is 1.71. The predicted octanol–water partition coefficient (Wildman–Crippen LogP) is 4.31. The standard InChI is InChI=1S/C18H32N2S/c1-4-10-19-17(14-16-9-13-21-15-16)18(2,3)20-11-7-5-6-8-12-20/h9,13,15,17,19H,4-8,10-12,14H2,1-3H3.